The van der Waals surface area contributed by atoms with Crippen molar-refractivity contribution in [2.24, 2.45) is 0 Å². The fourth-order valence-corrected chi connectivity index (χ4v) is 4.79. The highest BCUT2D eigenvalue weighted by Crippen LogP contribution is 2.27. The van der Waals surface area contributed by atoms with E-state index in [1.807, 2.05) is 66.7 Å². The molecular weight excluding hydrogens is 438 g/mol. The van der Waals surface area contributed by atoms with Crippen molar-refractivity contribution in [1.82, 2.24) is 15.3 Å². The summed E-state index contributed by atoms with van der Waals surface area (Å²) >= 11 is 1.02. The van der Waals surface area contributed by atoms with Gasteiger partial charge in [-0.3, -0.25) is 14.9 Å². The maximum atomic E-state index is 11.8. The molecule has 8 heteroatoms. The number of hydrogen-bond donors (Lipinski definition) is 1. The molecule has 7 nitrogen and oxygen atoms in total. The van der Waals surface area contributed by atoms with E-state index in [4.69, 9.17) is 8.83 Å². The fraction of sp³-hybridized carbons (Fsp3) is 0.120. The van der Waals surface area contributed by atoms with Gasteiger partial charge in [-0.2, -0.15) is 0 Å². The first kappa shape index (κ1) is 19.8. The number of carbonyl (C=O) groups is 2. The number of thioether (sulfide) groups is 1. The van der Waals surface area contributed by atoms with Gasteiger partial charge in [0.15, 0.2) is 17.1 Å². The van der Waals surface area contributed by atoms with Crippen LogP contribution in [0.25, 0.3) is 33.7 Å². The Balaban J connectivity index is 1.23. The molecule has 33 heavy (non-hydrogen) atoms. The van der Waals surface area contributed by atoms with E-state index in [0.717, 1.165) is 45.1 Å². The van der Waals surface area contributed by atoms with Crippen LogP contribution in [0, 0.1) is 0 Å². The first-order chi connectivity index (χ1) is 16.1. The van der Waals surface area contributed by atoms with Crippen molar-refractivity contribution in [3.8, 4) is 11.5 Å². The molecule has 1 saturated heterocycles. The lowest BCUT2D eigenvalue weighted by atomic mass is 10.1. The second-order valence-corrected chi connectivity index (χ2v) is 9.04. The normalized spacial score (nSPS) is 16.1. The van der Waals surface area contributed by atoms with E-state index in [0.29, 0.717) is 30.2 Å². The van der Waals surface area contributed by atoms with Crippen LogP contribution in [0.15, 0.2) is 75.6 Å². The molecule has 0 radical (unpaired) electrons. The number of hydrogen-bond acceptors (Lipinski definition) is 7. The highest BCUT2D eigenvalue weighted by atomic mass is 32.2. The van der Waals surface area contributed by atoms with Gasteiger partial charge < -0.3 is 8.83 Å². The Kier molecular flexibility index (Phi) is 4.73. The quantitative estimate of drug-likeness (QED) is 0.393. The molecular formula is C25H17N3O4S. The third-order valence-electron chi connectivity index (χ3n) is 5.51. The second-order valence-electron chi connectivity index (χ2n) is 7.86. The molecule has 0 bridgehead atoms. The third-order valence-corrected chi connectivity index (χ3v) is 6.49. The number of benzene rings is 3. The molecule has 0 spiro atoms. The Labute approximate surface area is 192 Å². The molecule has 3 aromatic carbocycles. The zero-order valence-corrected chi connectivity index (χ0v) is 18.1. The van der Waals surface area contributed by atoms with Gasteiger partial charge >= 0.3 is 0 Å². The van der Waals surface area contributed by atoms with Crippen LogP contribution in [-0.4, -0.2) is 26.4 Å². The standard InChI is InChI=1S/C25H17N3O4S/c29-23-21(33-25(30)28-23)12-14-6-8-19-17(10-14)26-22(31-19)13-15-7-9-20-18(11-15)27-24(32-20)16-4-2-1-3-5-16/h1-11,21H,12-13H2,(H,28,29,30). The Bertz CT molecular complexity index is 1520. The van der Waals surface area contributed by atoms with Crippen molar-refractivity contribution in [1.29, 1.82) is 0 Å². The Hall–Kier alpha value is -3.91. The topological polar surface area (TPSA) is 98.2 Å². The first-order valence-corrected chi connectivity index (χ1v) is 11.3. The summed E-state index contributed by atoms with van der Waals surface area (Å²) in [5.74, 6) is 0.939. The lowest BCUT2D eigenvalue weighted by molar-refractivity contribution is -0.118. The van der Waals surface area contributed by atoms with Gasteiger partial charge in [-0.05, 0) is 53.9 Å². The molecule has 3 heterocycles. The lowest BCUT2D eigenvalue weighted by Crippen LogP contribution is -2.25. The summed E-state index contributed by atoms with van der Waals surface area (Å²) < 4.78 is 11.8. The summed E-state index contributed by atoms with van der Waals surface area (Å²) in [7, 11) is 0. The van der Waals surface area contributed by atoms with E-state index in [1.54, 1.807) is 0 Å². The van der Waals surface area contributed by atoms with E-state index in [-0.39, 0.29) is 11.1 Å². The molecule has 1 fully saturated rings. The van der Waals surface area contributed by atoms with Crippen molar-refractivity contribution in [2.75, 3.05) is 0 Å². The molecule has 1 atom stereocenters. The minimum Gasteiger partial charge on any atom is -0.440 e. The van der Waals surface area contributed by atoms with Gasteiger partial charge in [-0.1, -0.05) is 42.1 Å². The molecule has 162 valence electrons. The van der Waals surface area contributed by atoms with Crippen molar-refractivity contribution in [2.45, 2.75) is 18.1 Å². The smallest absolute Gasteiger partial charge is 0.286 e. The van der Waals surface area contributed by atoms with Crippen molar-refractivity contribution in [3.05, 3.63) is 83.7 Å². The van der Waals surface area contributed by atoms with E-state index in [2.05, 4.69) is 15.3 Å². The van der Waals surface area contributed by atoms with Crippen molar-refractivity contribution < 1.29 is 18.4 Å². The largest absolute Gasteiger partial charge is 0.440 e. The van der Waals surface area contributed by atoms with E-state index >= 15 is 0 Å². The number of imide groups is 1. The molecule has 0 saturated carbocycles. The van der Waals surface area contributed by atoms with Gasteiger partial charge in [-0.25, -0.2) is 9.97 Å². The summed E-state index contributed by atoms with van der Waals surface area (Å²) in [5, 5.41) is 1.62. The highest BCUT2D eigenvalue weighted by molar-refractivity contribution is 8.15. The number of oxazole rings is 2. The molecule has 1 aliphatic rings. The van der Waals surface area contributed by atoms with Crippen molar-refractivity contribution >= 4 is 45.1 Å². The zero-order chi connectivity index (χ0) is 22.4. The second kappa shape index (κ2) is 7.90. The Morgan fingerprint density at radius 2 is 1.58 bits per heavy atom. The van der Waals surface area contributed by atoms with Crippen LogP contribution in [0.5, 0.6) is 0 Å². The highest BCUT2D eigenvalue weighted by Gasteiger charge is 2.31. The lowest BCUT2D eigenvalue weighted by Gasteiger charge is -2.04. The maximum absolute atomic E-state index is 11.8. The molecule has 2 amide bonds. The summed E-state index contributed by atoms with van der Waals surface area (Å²) in [4.78, 5) is 32.5. The average molecular weight is 455 g/mol. The molecule has 1 unspecified atom stereocenters. The van der Waals surface area contributed by atoms with Crippen LogP contribution in [0.1, 0.15) is 17.0 Å². The molecule has 1 N–H and O–H groups in total. The van der Waals surface area contributed by atoms with Gasteiger partial charge in [0, 0.05) is 12.0 Å². The Morgan fingerprint density at radius 3 is 2.36 bits per heavy atom. The van der Waals surface area contributed by atoms with Gasteiger partial charge in [-0.15, -0.1) is 0 Å². The van der Waals surface area contributed by atoms with Crippen LogP contribution < -0.4 is 5.32 Å². The van der Waals surface area contributed by atoms with E-state index < -0.39 is 5.25 Å². The molecule has 6 rings (SSSR count). The van der Waals surface area contributed by atoms with Crippen LogP contribution in [0.2, 0.25) is 0 Å². The molecule has 2 aromatic heterocycles. The number of aromatic nitrogens is 2. The third kappa shape index (κ3) is 3.89. The Morgan fingerprint density at radius 1 is 0.848 bits per heavy atom. The maximum Gasteiger partial charge on any atom is 0.286 e. The van der Waals surface area contributed by atoms with E-state index in [9.17, 15) is 9.59 Å². The van der Waals surface area contributed by atoms with Crippen LogP contribution in [0.4, 0.5) is 4.79 Å². The number of nitrogens with zero attached hydrogens (tertiary/aromatic N) is 2. The monoisotopic (exact) mass is 455 g/mol. The van der Waals surface area contributed by atoms with Gasteiger partial charge in [0.05, 0.1) is 5.25 Å². The van der Waals surface area contributed by atoms with Gasteiger partial charge in [0.2, 0.25) is 11.8 Å². The van der Waals surface area contributed by atoms with Crippen LogP contribution >= 0.6 is 11.8 Å². The van der Waals surface area contributed by atoms with E-state index in [1.165, 1.54) is 0 Å². The molecule has 0 aliphatic carbocycles. The molecule has 5 aromatic rings. The number of amides is 2. The predicted octanol–water partition coefficient (Wildman–Crippen LogP) is 5.12. The zero-order valence-electron chi connectivity index (χ0n) is 17.3. The summed E-state index contributed by atoms with van der Waals surface area (Å²) in [6, 6.07) is 21.3. The summed E-state index contributed by atoms with van der Waals surface area (Å²) in [6.45, 7) is 0. The number of carbonyl (C=O) groups excluding carboxylic acids is 2. The number of nitrogens with one attached hydrogen (secondary N) is 1. The first-order valence-electron chi connectivity index (χ1n) is 10.5. The fourth-order valence-electron chi connectivity index (χ4n) is 3.93. The van der Waals surface area contributed by atoms with Crippen molar-refractivity contribution in [3.63, 3.8) is 0 Å². The van der Waals surface area contributed by atoms with Gasteiger partial charge in [0.1, 0.15) is 11.0 Å². The van der Waals surface area contributed by atoms with Crippen LogP contribution in [-0.2, 0) is 17.6 Å². The summed E-state index contributed by atoms with van der Waals surface area (Å²) in [6.07, 6.45) is 0.982. The molecule has 1 aliphatic heterocycles. The minimum atomic E-state index is -0.406. The predicted molar refractivity (Wildman–Crippen MR) is 125 cm³/mol. The van der Waals surface area contributed by atoms with Gasteiger partial charge in [0.25, 0.3) is 5.24 Å². The minimum absolute atomic E-state index is 0.246. The SMILES string of the molecule is O=C1NC(=O)C(Cc2ccc3oc(Cc4ccc5oc(-c6ccccc6)nc5c4)nc3c2)S1. The average Bonchev–Trinajstić information content (AvgIpc) is 3.50. The van der Waals surface area contributed by atoms with Crippen LogP contribution in [0.3, 0.4) is 0 Å². The summed E-state index contributed by atoms with van der Waals surface area (Å²) in [5.41, 5.74) is 5.80. The number of fused-ring (bicyclic) bond motifs is 2. The number of rotatable bonds is 5.